The molecular formula is C35H69NO2S2. The monoisotopic (exact) mass is 599 g/mol. The van der Waals surface area contributed by atoms with Gasteiger partial charge in [0, 0.05) is 10.6 Å². The predicted molar refractivity (Wildman–Crippen MR) is 184 cm³/mol. The summed E-state index contributed by atoms with van der Waals surface area (Å²) in [5.41, 5.74) is 1.70. The molecule has 0 aliphatic rings. The first-order chi connectivity index (χ1) is 19.7. The fraction of sp³-hybridized carbons (Fsp3) is 0.943. The molecule has 1 amide bonds. The molecule has 238 valence electrons. The lowest BCUT2D eigenvalue weighted by atomic mass is 10.0. The SMILES string of the molecule is O=C(CCCCCCCCCCCCCCCCCCCCCCCCCCCCCCCCCC(=S)S)NO. The number of carbonyl (C=O) groups is 1. The summed E-state index contributed by atoms with van der Waals surface area (Å²) in [6, 6.07) is 0. The molecule has 0 rings (SSSR count). The maximum Gasteiger partial charge on any atom is 0.243 e. The van der Waals surface area contributed by atoms with E-state index >= 15 is 0 Å². The molecule has 0 radical (unpaired) electrons. The maximum absolute atomic E-state index is 10.9. The van der Waals surface area contributed by atoms with E-state index in [1.54, 1.807) is 5.48 Å². The summed E-state index contributed by atoms with van der Waals surface area (Å²) < 4.78 is 0.873. The van der Waals surface area contributed by atoms with Crippen LogP contribution in [0.25, 0.3) is 0 Å². The zero-order valence-electron chi connectivity index (χ0n) is 26.5. The molecule has 40 heavy (non-hydrogen) atoms. The van der Waals surface area contributed by atoms with Gasteiger partial charge in [-0.25, -0.2) is 5.48 Å². The minimum Gasteiger partial charge on any atom is -0.289 e. The maximum atomic E-state index is 10.9. The van der Waals surface area contributed by atoms with Crippen molar-refractivity contribution >= 4 is 35.0 Å². The Morgan fingerprint density at radius 1 is 0.400 bits per heavy atom. The van der Waals surface area contributed by atoms with Gasteiger partial charge in [0.2, 0.25) is 5.91 Å². The fourth-order valence-electron chi connectivity index (χ4n) is 5.74. The van der Waals surface area contributed by atoms with Gasteiger partial charge in [0.05, 0.1) is 0 Å². The third kappa shape index (κ3) is 35.9. The van der Waals surface area contributed by atoms with E-state index in [0.29, 0.717) is 6.42 Å². The first-order valence-corrected chi connectivity index (χ1v) is 18.7. The van der Waals surface area contributed by atoms with Gasteiger partial charge >= 0.3 is 0 Å². The van der Waals surface area contributed by atoms with Crippen molar-refractivity contribution in [3.8, 4) is 0 Å². The van der Waals surface area contributed by atoms with Gasteiger partial charge in [-0.05, 0) is 19.3 Å². The number of thiol groups is 1. The first kappa shape index (κ1) is 39.9. The largest absolute Gasteiger partial charge is 0.289 e. The molecule has 0 heterocycles. The van der Waals surface area contributed by atoms with Crippen LogP contribution in [0.1, 0.15) is 212 Å². The van der Waals surface area contributed by atoms with E-state index in [1.165, 1.54) is 186 Å². The van der Waals surface area contributed by atoms with Gasteiger partial charge < -0.3 is 0 Å². The molecule has 0 aromatic rings. The number of hydrogen-bond acceptors (Lipinski definition) is 3. The summed E-state index contributed by atoms with van der Waals surface area (Å²) in [7, 11) is 0. The lowest BCUT2D eigenvalue weighted by Gasteiger charge is -2.05. The lowest BCUT2D eigenvalue weighted by molar-refractivity contribution is -0.129. The molecule has 0 spiro atoms. The number of rotatable bonds is 34. The minimum absolute atomic E-state index is 0.257. The van der Waals surface area contributed by atoms with Crippen LogP contribution in [-0.2, 0) is 4.79 Å². The molecule has 5 heteroatoms. The van der Waals surface area contributed by atoms with Gasteiger partial charge in [-0.3, -0.25) is 10.0 Å². The van der Waals surface area contributed by atoms with E-state index < -0.39 is 0 Å². The van der Waals surface area contributed by atoms with Crippen molar-refractivity contribution in [2.45, 2.75) is 212 Å². The average molecular weight is 600 g/mol. The summed E-state index contributed by atoms with van der Waals surface area (Å²) >= 11 is 9.20. The van der Waals surface area contributed by atoms with Crippen molar-refractivity contribution in [1.29, 1.82) is 0 Å². The highest BCUT2D eigenvalue weighted by molar-refractivity contribution is 8.11. The van der Waals surface area contributed by atoms with Gasteiger partial charge in [-0.15, -0.1) is 12.6 Å². The summed E-state index contributed by atoms with van der Waals surface area (Å²) in [6.45, 7) is 0. The van der Waals surface area contributed by atoms with E-state index in [4.69, 9.17) is 17.4 Å². The molecule has 0 saturated carbocycles. The summed E-state index contributed by atoms with van der Waals surface area (Å²) in [5.74, 6) is -0.257. The summed E-state index contributed by atoms with van der Waals surface area (Å²) in [5, 5.41) is 8.45. The second-order valence-electron chi connectivity index (χ2n) is 12.4. The Bertz CT molecular complexity index is 530. The van der Waals surface area contributed by atoms with Crippen LogP contribution < -0.4 is 5.48 Å². The molecule has 0 aliphatic carbocycles. The Kier molecular flexibility index (Phi) is 35.0. The Balaban J connectivity index is 3.05. The second kappa shape index (κ2) is 35.1. The van der Waals surface area contributed by atoms with Crippen LogP contribution in [0.4, 0.5) is 0 Å². The minimum atomic E-state index is -0.257. The van der Waals surface area contributed by atoms with Crippen LogP contribution in [-0.4, -0.2) is 15.3 Å². The van der Waals surface area contributed by atoms with E-state index in [-0.39, 0.29) is 5.91 Å². The van der Waals surface area contributed by atoms with Gasteiger partial charge in [0.25, 0.3) is 0 Å². The van der Waals surface area contributed by atoms with Crippen LogP contribution in [0.15, 0.2) is 0 Å². The van der Waals surface area contributed by atoms with Crippen LogP contribution in [0, 0.1) is 0 Å². The molecule has 2 N–H and O–H groups in total. The number of amides is 1. The molecule has 0 unspecified atom stereocenters. The van der Waals surface area contributed by atoms with Crippen molar-refractivity contribution in [3.05, 3.63) is 0 Å². The van der Waals surface area contributed by atoms with Crippen LogP contribution in [0.2, 0.25) is 0 Å². The van der Waals surface area contributed by atoms with Gasteiger partial charge in [0.1, 0.15) is 0 Å². The highest BCUT2D eigenvalue weighted by atomic mass is 32.1. The molecule has 0 aromatic heterocycles. The van der Waals surface area contributed by atoms with Crippen LogP contribution in [0.5, 0.6) is 0 Å². The number of carbonyl (C=O) groups excluding carboxylic acids is 1. The quantitative estimate of drug-likeness (QED) is 0.0227. The number of hydroxylamine groups is 1. The van der Waals surface area contributed by atoms with E-state index in [0.717, 1.165) is 23.5 Å². The molecule has 0 bridgehead atoms. The summed E-state index contributed by atoms with van der Waals surface area (Å²) in [4.78, 5) is 10.9. The number of thiocarbonyl (C=S) groups is 1. The smallest absolute Gasteiger partial charge is 0.243 e. The Morgan fingerprint density at radius 2 is 0.575 bits per heavy atom. The van der Waals surface area contributed by atoms with Crippen molar-refractivity contribution < 1.29 is 10.0 Å². The third-order valence-electron chi connectivity index (χ3n) is 8.42. The second-order valence-corrected chi connectivity index (χ2v) is 13.7. The van der Waals surface area contributed by atoms with Crippen molar-refractivity contribution in [2.24, 2.45) is 0 Å². The fourth-order valence-corrected chi connectivity index (χ4v) is 6.05. The molecule has 0 saturated heterocycles. The van der Waals surface area contributed by atoms with Gasteiger partial charge in [-0.1, -0.05) is 198 Å². The molecular weight excluding hydrogens is 531 g/mol. The lowest BCUT2D eigenvalue weighted by Crippen LogP contribution is -2.17. The Labute approximate surface area is 261 Å². The molecule has 0 fully saturated rings. The van der Waals surface area contributed by atoms with Crippen molar-refractivity contribution in [2.75, 3.05) is 0 Å². The van der Waals surface area contributed by atoms with Gasteiger partial charge in [0.15, 0.2) is 0 Å². The number of unbranched alkanes of at least 4 members (excludes halogenated alkanes) is 30. The Hall–Kier alpha value is -0.130. The number of nitrogens with one attached hydrogen (secondary N) is 1. The van der Waals surface area contributed by atoms with E-state index in [9.17, 15) is 4.79 Å². The highest BCUT2D eigenvalue weighted by Crippen LogP contribution is 2.17. The van der Waals surface area contributed by atoms with E-state index in [1.807, 2.05) is 0 Å². The van der Waals surface area contributed by atoms with Crippen LogP contribution in [0.3, 0.4) is 0 Å². The topological polar surface area (TPSA) is 49.3 Å². The molecule has 3 nitrogen and oxygen atoms in total. The normalized spacial score (nSPS) is 11.2. The summed E-state index contributed by atoms with van der Waals surface area (Å²) in [6.07, 6.45) is 44.3. The van der Waals surface area contributed by atoms with Crippen molar-refractivity contribution in [3.63, 3.8) is 0 Å². The first-order valence-electron chi connectivity index (χ1n) is 17.8. The Morgan fingerprint density at radius 3 is 0.750 bits per heavy atom. The van der Waals surface area contributed by atoms with Gasteiger partial charge in [-0.2, -0.15) is 0 Å². The number of hydrogen-bond donors (Lipinski definition) is 3. The zero-order valence-corrected chi connectivity index (χ0v) is 28.3. The highest BCUT2D eigenvalue weighted by Gasteiger charge is 1.99. The molecule has 0 atom stereocenters. The molecule has 0 aromatic carbocycles. The third-order valence-corrected chi connectivity index (χ3v) is 8.85. The zero-order chi connectivity index (χ0) is 29.2. The van der Waals surface area contributed by atoms with Crippen molar-refractivity contribution in [1.82, 2.24) is 5.48 Å². The predicted octanol–water partition coefficient (Wildman–Crippen LogP) is 12.6. The average Bonchev–Trinajstić information content (AvgIpc) is 2.95. The van der Waals surface area contributed by atoms with E-state index in [2.05, 4.69) is 12.6 Å². The molecule has 0 aliphatic heterocycles. The van der Waals surface area contributed by atoms with Crippen LogP contribution >= 0.6 is 24.8 Å². The standard InChI is InChI=1S/C35H69NO2S2/c37-34(36-38)32-30-28-26-24-22-20-18-16-14-12-10-8-6-4-2-1-3-5-7-9-11-13-15-17-19-21-23-25-27-29-31-33-35(39)40/h38H,1-33H2,(H,36,37)(H,39,40).